The van der Waals surface area contributed by atoms with Gasteiger partial charge in [0.25, 0.3) is 0 Å². The normalized spacial score (nSPS) is 17.9. The van der Waals surface area contributed by atoms with Crippen LogP contribution in [-0.2, 0) is 16.0 Å². The number of carbonyl (C=O) groups is 2. The summed E-state index contributed by atoms with van der Waals surface area (Å²) in [5.41, 5.74) is 1.88. The predicted molar refractivity (Wildman–Crippen MR) is 96.0 cm³/mol. The summed E-state index contributed by atoms with van der Waals surface area (Å²) < 4.78 is 1.98. The van der Waals surface area contributed by atoms with Crippen LogP contribution >= 0.6 is 0 Å². The van der Waals surface area contributed by atoms with Crippen molar-refractivity contribution in [1.29, 1.82) is 0 Å². The molecule has 1 aliphatic heterocycles. The second kappa shape index (κ2) is 7.68. The first kappa shape index (κ1) is 17.5. The number of piperidine rings is 1. The monoisotopic (exact) mass is 342 g/mol. The first-order valence-corrected chi connectivity index (χ1v) is 9.03. The van der Waals surface area contributed by atoms with Crippen molar-refractivity contribution in [3.8, 4) is 0 Å². The van der Waals surface area contributed by atoms with Crippen LogP contribution in [0.4, 0.5) is 0 Å². The average Bonchev–Trinajstić information content (AvgIpc) is 3.03. The van der Waals surface area contributed by atoms with Gasteiger partial charge in [0, 0.05) is 44.4 Å². The van der Waals surface area contributed by atoms with Crippen LogP contribution in [0.15, 0.2) is 30.6 Å². The molecule has 1 saturated heterocycles. The molecule has 0 aliphatic carbocycles. The number of pyridine rings is 1. The summed E-state index contributed by atoms with van der Waals surface area (Å²) in [6.45, 7) is 5.68. The van der Waals surface area contributed by atoms with Crippen LogP contribution < -0.4 is 5.32 Å². The number of nitrogens with zero attached hydrogens (tertiary/aromatic N) is 3. The van der Waals surface area contributed by atoms with Gasteiger partial charge < -0.3 is 14.6 Å². The Balaban J connectivity index is 1.49. The van der Waals surface area contributed by atoms with Crippen molar-refractivity contribution in [2.24, 2.45) is 11.8 Å². The lowest BCUT2D eigenvalue weighted by Crippen LogP contribution is -2.46. The zero-order valence-electron chi connectivity index (χ0n) is 14.9. The molecule has 25 heavy (non-hydrogen) atoms. The summed E-state index contributed by atoms with van der Waals surface area (Å²) in [6.07, 6.45) is 6.40. The van der Waals surface area contributed by atoms with Crippen LogP contribution in [-0.4, -0.2) is 45.7 Å². The SMILES string of the molecule is CC(C)C(=O)N1CCC[C@H](C(=O)NCCc2cn3ccccc3n2)C1. The highest BCUT2D eigenvalue weighted by Crippen LogP contribution is 2.18. The van der Waals surface area contributed by atoms with Gasteiger partial charge >= 0.3 is 0 Å². The van der Waals surface area contributed by atoms with Crippen molar-refractivity contribution >= 4 is 17.5 Å². The predicted octanol–water partition coefficient (Wildman–Crippen LogP) is 1.89. The highest BCUT2D eigenvalue weighted by molar-refractivity contribution is 5.82. The van der Waals surface area contributed by atoms with Gasteiger partial charge in [-0.25, -0.2) is 4.98 Å². The smallest absolute Gasteiger partial charge is 0.225 e. The van der Waals surface area contributed by atoms with Crippen molar-refractivity contribution in [1.82, 2.24) is 19.6 Å². The minimum Gasteiger partial charge on any atom is -0.355 e. The molecule has 6 nitrogen and oxygen atoms in total. The summed E-state index contributed by atoms with van der Waals surface area (Å²) in [4.78, 5) is 30.9. The Hall–Kier alpha value is -2.37. The number of hydrogen-bond donors (Lipinski definition) is 1. The molecule has 6 heteroatoms. The third kappa shape index (κ3) is 4.18. The lowest BCUT2D eigenvalue weighted by atomic mass is 9.96. The Morgan fingerprint density at radius 2 is 2.20 bits per heavy atom. The molecule has 0 bridgehead atoms. The summed E-state index contributed by atoms with van der Waals surface area (Å²) >= 11 is 0. The fourth-order valence-electron chi connectivity index (χ4n) is 3.32. The van der Waals surface area contributed by atoms with Crippen LogP contribution in [0.1, 0.15) is 32.4 Å². The Labute approximate surface area is 148 Å². The van der Waals surface area contributed by atoms with E-state index in [-0.39, 0.29) is 23.7 Å². The van der Waals surface area contributed by atoms with E-state index in [1.54, 1.807) is 0 Å². The average molecular weight is 342 g/mol. The summed E-state index contributed by atoms with van der Waals surface area (Å²) in [7, 11) is 0. The number of imidazole rings is 1. The molecule has 2 aromatic heterocycles. The number of carbonyl (C=O) groups excluding carboxylic acids is 2. The Morgan fingerprint density at radius 3 is 2.96 bits per heavy atom. The maximum absolute atomic E-state index is 12.4. The lowest BCUT2D eigenvalue weighted by molar-refractivity contribution is -0.138. The van der Waals surface area contributed by atoms with Gasteiger partial charge in [-0.3, -0.25) is 9.59 Å². The van der Waals surface area contributed by atoms with Gasteiger partial charge in [-0.05, 0) is 25.0 Å². The third-order valence-electron chi connectivity index (χ3n) is 4.69. The fraction of sp³-hybridized carbons (Fsp3) is 0.526. The largest absolute Gasteiger partial charge is 0.355 e. The highest BCUT2D eigenvalue weighted by Gasteiger charge is 2.29. The topological polar surface area (TPSA) is 66.7 Å². The molecule has 0 unspecified atom stereocenters. The minimum atomic E-state index is -0.0995. The third-order valence-corrected chi connectivity index (χ3v) is 4.69. The Bertz CT molecular complexity index is 720. The molecule has 3 heterocycles. The molecule has 0 aromatic carbocycles. The molecule has 134 valence electrons. The number of rotatable bonds is 5. The maximum atomic E-state index is 12.4. The molecular formula is C19H26N4O2. The first-order chi connectivity index (χ1) is 12.0. The standard InChI is InChI=1S/C19H26N4O2/c1-14(2)19(25)23-11-5-6-15(12-23)18(24)20-9-8-16-13-22-10-4-3-7-17(22)21-16/h3-4,7,10,13-15H,5-6,8-9,11-12H2,1-2H3,(H,20,24)/t15-/m0/s1. The number of hydrogen-bond acceptors (Lipinski definition) is 3. The molecule has 1 aliphatic rings. The van der Waals surface area contributed by atoms with Crippen molar-refractivity contribution in [2.45, 2.75) is 33.1 Å². The van der Waals surface area contributed by atoms with Crippen LogP contribution in [0.3, 0.4) is 0 Å². The number of nitrogens with one attached hydrogen (secondary N) is 1. The first-order valence-electron chi connectivity index (χ1n) is 9.03. The fourth-order valence-corrected chi connectivity index (χ4v) is 3.32. The number of fused-ring (bicyclic) bond motifs is 1. The molecule has 0 spiro atoms. The van der Waals surface area contributed by atoms with Crippen LogP contribution in [0.25, 0.3) is 5.65 Å². The summed E-state index contributed by atoms with van der Waals surface area (Å²) in [5.74, 6) is 0.0709. The zero-order valence-corrected chi connectivity index (χ0v) is 14.9. The number of amides is 2. The second-order valence-corrected chi connectivity index (χ2v) is 7.02. The Kier molecular flexibility index (Phi) is 5.36. The van der Waals surface area contributed by atoms with Gasteiger partial charge in [-0.1, -0.05) is 19.9 Å². The van der Waals surface area contributed by atoms with Crippen LogP contribution in [0, 0.1) is 11.8 Å². The molecule has 2 aromatic rings. The van der Waals surface area contributed by atoms with Crippen molar-refractivity contribution in [3.63, 3.8) is 0 Å². The van der Waals surface area contributed by atoms with Crippen molar-refractivity contribution < 1.29 is 9.59 Å². The van der Waals surface area contributed by atoms with Crippen molar-refractivity contribution in [2.75, 3.05) is 19.6 Å². The molecule has 0 saturated carbocycles. The van der Waals surface area contributed by atoms with Gasteiger partial charge in [0.1, 0.15) is 5.65 Å². The van der Waals surface area contributed by atoms with E-state index in [9.17, 15) is 9.59 Å². The van der Waals surface area contributed by atoms with Crippen LogP contribution in [0.5, 0.6) is 0 Å². The minimum absolute atomic E-state index is 0.0168. The van der Waals surface area contributed by atoms with E-state index in [0.717, 1.165) is 30.7 Å². The maximum Gasteiger partial charge on any atom is 0.225 e. The zero-order chi connectivity index (χ0) is 17.8. The van der Waals surface area contributed by atoms with Crippen molar-refractivity contribution in [3.05, 3.63) is 36.3 Å². The van der Waals surface area contributed by atoms with Gasteiger partial charge in [0.2, 0.25) is 11.8 Å². The van der Waals surface area contributed by atoms with Gasteiger partial charge in [-0.15, -0.1) is 0 Å². The molecule has 1 fully saturated rings. The molecular weight excluding hydrogens is 316 g/mol. The van der Waals surface area contributed by atoms with E-state index in [0.29, 0.717) is 19.5 Å². The molecule has 0 radical (unpaired) electrons. The van der Waals surface area contributed by atoms with Crippen LogP contribution in [0.2, 0.25) is 0 Å². The summed E-state index contributed by atoms with van der Waals surface area (Å²) in [5, 5.41) is 3.01. The molecule has 1 N–H and O–H groups in total. The van der Waals surface area contributed by atoms with E-state index in [1.807, 2.05) is 53.7 Å². The van der Waals surface area contributed by atoms with E-state index >= 15 is 0 Å². The summed E-state index contributed by atoms with van der Waals surface area (Å²) in [6, 6.07) is 5.89. The van der Waals surface area contributed by atoms with Gasteiger partial charge in [0.05, 0.1) is 11.6 Å². The number of aromatic nitrogens is 2. The quantitative estimate of drug-likeness (QED) is 0.902. The van der Waals surface area contributed by atoms with Gasteiger partial charge in [-0.2, -0.15) is 0 Å². The molecule has 2 amide bonds. The number of likely N-dealkylation sites (tertiary alicyclic amines) is 1. The lowest BCUT2D eigenvalue weighted by Gasteiger charge is -2.33. The van der Waals surface area contributed by atoms with E-state index < -0.39 is 0 Å². The van der Waals surface area contributed by atoms with Gasteiger partial charge in [0.15, 0.2) is 0 Å². The molecule has 1 atom stereocenters. The second-order valence-electron chi connectivity index (χ2n) is 7.02. The van der Waals surface area contributed by atoms with E-state index in [1.165, 1.54) is 0 Å². The molecule has 3 rings (SSSR count). The van der Waals surface area contributed by atoms with E-state index in [4.69, 9.17) is 0 Å². The van der Waals surface area contributed by atoms with E-state index in [2.05, 4.69) is 10.3 Å². The Morgan fingerprint density at radius 1 is 1.36 bits per heavy atom. The highest BCUT2D eigenvalue weighted by atomic mass is 16.2.